The molecule has 5 nitrogen and oxygen atoms in total. The Balaban J connectivity index is 2.62. The van der Waals surface area contributed by atoms with Crippen LogP contribution >= 0.6 is 15.9 Å². The molecule has 1 aromatic heterocycles. The third-order valence-electron chi connectivity index (χ3n) is 2.99. The molecule has 0 fully saturated rings. The molecule has 7 heteroatoms. The first-order chi connectivity index (χ1) is 8.40. The SMILES string of the molecule is CCC(CC)C(Br)CNS(=O)(=O)c1cn(C)cn1. The number of aromatic nitrogens is 2. The first kappa shape index (κ1) is 15.7. The lowest BCUT2D eigenvalue weighted by Crippen LogP contribution is -2.33. The minimum absolute atomic E-state index is 0.0641. The molecule has 1 atom stereocenters. The zero-order chi connectivity index (χ0) is 13.8. The first-order valence-electron chi connectivity index (χ1n) is 6.02. The average Bonchev–Trinajstić information content (AvgIpc) is 2.76. The molecule has 0 amide bonds. The molecule has 1 aromatic rings. The highest BCUT2D eigenvalue weighted by molar-refractivity contribution is 9.09. The Morgan fingerprint density at radius 3 is 2.50 bits per heavy atom. The third-order valence-corrected chi connectivity index (χ3v) is 5.36. The smallest absolute Gasteiger partial charge is 0.259 e. The number of imidazole rings is 1. The van der Waals surface area contributed by atoms with Gasteiger partial charge < -0.3 is 4.57 Å². The Bertz CT molecular complexity index is 468. The topological polar surface area (TPSA) is 64.0 Å². The van der Waals surface area contributed by atoms with E-state index in [0.29, 0.717) is 12.5 Å². The highest BCUT2D eigenvalue weighted by Crippen LogP contribution is 2.20. The Kier molecular flexibility index (Phi) is 5.81. The number of alkyl halides is 1. The third kappa shape index (κ3) is 4.07. The van der Waals surface area contributed by atoms with Gasteiger partial charge in [0.15, 0.2) is 5.03 Å². The summed E-state index contributed by atoms with van der Waals surface area (Å²) in [4.78, 5) is 3.99. The van der Waals surface area contributed by atoms with Crippen LogP contribution in [-0.2, 0) is 17.1 Å². The molecule has 0 radical (unpaired) electrons. The lowest BCUT2D eigenvalue weighted by Gasteiger charge is -2.19. The van der Waals surface area contributed by atoms with E-state index in [4.69, 9.17) is 0 Å². The van der Waals surface area contributed by atoms with Crippen molar-refractivity contribution in [1.29, 1.82) is 0 Å². The number of sulfonamides is 1. The zero-order valence-electron chi connectivity index (χ0n) is 10.9. The average molecular weight is 338 g/mol. The van der Waals surface area contributed by atoms with Gasteiger partial charge in [0, 0.05) is 24.6 Å². The molecule has 104 valence electrons. The van der Waals surface area contributed by atoms with Crippen LogP contribution in [0.3, 0.4) is 0 Å². The molecular formula is C11H20BrN3O2S. The van der Waals surface area contributed by atoms with Gasteiger partial charge in [0.1, 0.15) is 0 Å². The van der Waals surface area contributed by atoms with Gasteiger partial charge in [0.25, 0.3) is 10.0 Å². The van der Waals surface area contributed by atoms with Crippen molar-refractivity contribution in [3.05, 3.63) is 12.5 Å². The van der Waals surface area contributed by atoms with Gasteiger partial charge in [-0.1, -0.05) is 42.6 Å². The van der Waals surface area contributed by atoms with Crippen LogP contribution in [0, 0.1) is 5.92 Å². The monoisotopic (exact) mass is 337 g/mol. The van der Waals surface area contributed by atoms with Gasteiger partial charge in [0.05, 0.1) is 6.33 Å². The second kappa shape index (κ2) is 6.68. The van der Waals surface area contributed by atoms with Crippen LogP contribution < -0.4 is 4.72 Å². The maximum atomic E-state index is 11.9. The van der Waals surface area contributed by atoms with Crippen molar-refractivity contribution >= 4 is 26.0 Å². The molecule has 0 aromatic carbocycles. The van der Waals surface area contributed by atoms with Crippen molar-refractivity contribution < 1.29 is 8.42 Å². The number of nitrogens with one attached hydrogen (secondary N) is 1. The van der Waals surface area contributed by atoms with Gasteiger partial charge in [0.2, 0.25) is 0 Å². The molecule has 1 unspecified atom stereocenters. The van der Waals surface area contributed by atoms with Crippen LogP contribution in [-0.4, -0.2) is 29.3 Å². The zero-order valence-corrected chi connectivity index (χ0v) is 13.3. The van der Waals surface area contributed by atoms with Crippen molar-refractivity contribution in [1.82, 2.24) is 14.3 Å². The summed E-state index contributed by atoms with van der Waals surface area (Å²) in [7, 11) is -1.76. The largest absolute Gasteiger partial charge is 0.339 e. The van der Waals surface area contributed by atoms with E-state index in [2.05, 4.69) is 39.5 Å². The molecule has 1 heterocycles. The summed E-state index contributed by atoms with van der Waals surface area (Å²) >= 11 is 3.54. The molecular weight excluding hydrogens is 318 g/mol. The van der Waals surface area contributed by atoms with E-state index in [9.17, 15) is 8.42 Å². The Hall–Kier alpha value is -0.400. The molecule has 1 N–H and O–H groups in total. The molecule has 18 heavy (non-hydrogen) atoms. The van der Waals surface area contributed by atoms with Crippen molar-refractivity contribution in [3.63, 3.8) is 0 Å². The maximum Gasteiger partial charge on any atom is 0.259 e. The summed E-state index contributed by atoms with van der Waals surface area (Å²) in [5, 5.41) is 0.0641. The predicted molar refractivity (Wildman–Crippen MR) is 75.2 cm³/mol. The van der Waals surface area contributed by atoms with Crippen LogP contribution in [0.4, 0.5) is 0 Å². The molecule has 0 saturated heterocycles. The van der Waals surface area contributed by atoms with Gasteiger partial charge in [-0.3, -0.25) is 0 Å². The number of aryl methyl sites for hydroxylation is 1. The van der Waals surface area contributed by atoms with Gasteiger partial charge in [-0.05, 0) is 5.92 Å². The second-order valence-corrected chi connectivity index (χ2v) is 7.21. The van der Waals surface area contributed by atoms with Gasteiger partial charge in [-0.25, -0.2) is 18.1 Å². The molecule has 0 saturated carbocycles. The van der Waals surface area contributed by atoms with E-state index in [1.54, 1.807) is 11.6 Å². The Morgan fingerprint density at radius 2 is 2.06 bits per heavy atom. The standard InChI is InChI=1S/C11H20BrN3O2S/c1-4-9(5-2)10(12)6-14-18(16,17)11-7-15(3)8-13-11/h7-10,14H,4-6H2,1-3H3. The van der Waals surface area contributed by atoms with Crippen LogP contribution in [0.25, 0.3) is 0 Å². The Labute approximate surface area is 117 Å². The van der Waals surface area contributed by atoms with Crippen molar-refractivity contribution in [2.24, 2.45) is 13.0 Å². The molecule has 1 rings (SSSR count). The quantitative estimate of drug-likeness (QED) is 0.773. The van der Waals surface area contributed by atoms with Crippen molar-refractivity contribution in [3.8, 4) is 0 Å². The summed E-state index contributed by atoms with van der Waals surface area (Å²) in [5.41, 5.74) is 0. The first-order valence-corrected chi connectivity index (χ1v) is 8.42. The fourth-order valence-corrected chi connectivity index (χ4v) is 3.92. The van der Waals surface area contributed by atoms with Crippen LogP contribution in [0.2, 0.25) is 0 Å². The summed E-state index contributed by atoms with van der Waals surface area (Å²) in [6.45, 7) is 4.59. The lowest BCUT2D eigenvalue weighted by atomic mass is 10.00. The number of halogens is 1. The van der Waals surface area contributed by atoms with Crippen LogP contribution in [0.15, 0.2) is 17.6 Å². The number of rotatable bonds is 7. The fraction of sp³-hybridized carbons (Fsp3) is 0.727. The summed E-state index contributed by atoms with van der Waals surface area (Å²) in [6.07, 6.45) is 5.01. The van der Waals surface area contributed by atoms with Gasteiger partial charge in [-0.2, -0.15) is 0 Å². The highest BCUT2D eigenvalue weighted by atomic mass is 79.9. The minimum atomic E-state index is -3.50. The van der Waals surface area contributed by atoms with Gasteiger partial charge in [-0.15, -0.1) is 0 Å². The molecule has 0 aliphatic heterocycles. The van der Waals surface area contributed by atoms with Crippen molar-refractivity contribution in [2.75, 3.05) is 6.54 Å². The molecule has 0 aliphatic carbocycles. The predicted octanol–water partition coefficient (Wildman–Crippen LogP) is 1.90. The van der Waals surface area contributed by atoms with E-state index in [1.807, 2.05) is 0 Å². The summed E-state index contributed by atoms with van der Waals surface area (Å²) in [5.74, 6) is 0.469. The maximum absolute atomic E-state index is 11.9. The van der Waals surface area contributed by atoms with E-state index < -0.39 is 10.0 Å². The van der Waals surface area contributed by atoms with Crippen molar-refractivity contribution in [2.45, 2.75) is 36.5 Å². The normalized spacial score (nSPS) is 14.1. The molecule has 0 spiro atoms. The Morgan fingerprint density at radius 1 is 1.44 bits per heavy atom. The lowest BCUT2D eigenvalue weighted by molar-refractivity contribution is 0.470. The van der Waals surface area contributed by atoms with Gasteiger partial charge >= 0.3 is 0 Å². The second-order valence-electron chi connectivity index (χ2n) is 4.32. The number of hydrogen-bond donors (Lipinski definition) is 1. The molecule has 0 aliphatic rings. The van der Waals surface area contributed by atoms with E-state index >= 15 is 0 Å². The minimum Gasteiger partial charge on any atom is -0.339 e. The molecule has 0 bridgehead atoms. The van der Waals surface area contributed by atoms with E-state index in [-0.39, 0.29) is 9.85 Å². The number of hydrogen-bond acceptors (Lipinski definition) is 3. The highest BCUT2D eigenvalue weighted by Gasteiger charge is 2.21. The van der Waals surface area contributed by atoms with Crippen LogP contribution in [0.1, 0.15) is 26.7 Å². The van der Waals surface area contributed by atoms with Crippen LogP contribution in [0.5, 0.6) is 0 Å². The number of nitrogens with zero attached hydrogens (tertiary/aromatic N) is 2. The van der Waals surface area contributed by atoms with E-state index in [0.717, 1.165) is 12.8 Å². The summed E-state index contributed by atoms with van der Waals surface area (Å²) in [6, 6.07) is 0. The van der Waals surface area contributed by atoms with E-state index in [1.165, 1.54) is 12.5 Å². The fourth-order valence-electron chi connectivity index (χ4n) is 1.76. The summed E-state index contributed by atoms with van der Waals surface area (Å²) < 4.78 is 28.1.